The molecule has 1 aromatic rings. The van der Waals surface area contributed by atoms with Crippen LogP contribution in [0.5, 0.6) is 0 Å². The van der Waals surface area contributed by atoms with E-state index in [1.807, 2.05) is 18.2 Å². The summed E-state index contributed by atoms with van der Waals surface area (Å²) >= 11 is 1.74. The molecule has 0 bridgehead atoms. The minimum atomic E-state index is -0.679. The monoisotopic (exact) mass is 265 g/mol. The normalized spacial score (nSPS) is 20.8. The Morgan fingerprint density at radius 1 is 1.39 bits per heavy atom. The Morgan fingerprint density at radius 3 is 2.89 bits per heavy atom. The molecule has 0 saturated carbocycles. The van der Waals surface area contributed by atoms with Crippen LogP contribution in [0.2, 0.25) is 0 Å². The highest BCUT2D eigenvalue weighted by molar-refractivity contribution is 7.99. The second kappa shape index (κ2) is 6.81. The summed E-state index contributed by atoms with van der Waals surface area (Å²) < 4.78 is 0. The van der Waals surface area contributed by atoms with Crippen LogP contribution in [0, 0.1) is 0 Å². The van der Waals surface area contributed by atoms with Gasteiger partial charge in [0.15, 0.2) is 0 Å². The number of benzene rings is 1. The van der Waals surface area contributed by atoms with E-state index < -0.39 is 5.97 Å². The van der Waals surface area contributed by atoms with Gasteiger partial charge in [0, 0.05) is 18.1 Å². The molecule has 2 rings (SSSR count). The molecule has 1 atom stereocenters. The lowest BCUT2D eigenvalue weighted by Gasteiger charge is -2.32. The number of aryl methyl sites for hydroxylation is 1. The van der Waals surface area contributed by atoms with Crippen LogP contribution in [0.15, 0.2) is 30.3 Å². The van der Waals surface area contributed by atoms with Gasteiger partial charge in [-0.15, -0.1) is 0 Å². The van der Waals surface area contributed by atoms with Crippen LogP contribution in [0.25, 0.3) is 0 Å². The van der Waals surface area contributed by atoms with Crippen LogP contribution in [0.1, 0.15) is 12.0 Å². The maximum absolute atomic E-state index is 11.1. The molecule has 1 aliphatic heterocycles. The Labute approximate surface area is 112 Å². The number of rotatable bonds is 5. The van der Waals surface area contributed by atoms with Gasteiger partial charge < -0.3 is 5.11 Å². The van der Waals surface area contributed by atoms with Gasteiger partial charge in [0.25, 0.3) is 0 Å². The first-order valence-electron chi connectivity index (χ1n) is 6.36. The summed E-state index contributed by atoms with van der Waals surface area (Å²) in [6.45, 7) is 1.78. The smallest absolute Gasteiger partial charge is 0.321 e. The van der Waals surface area contributed by atoms with Gasteiger partial charge in [-0.2, -0.15) is 11.8 Å². The lowest BCUT2D eigenvalue weighted by Crippen LogP contribution is -2.47. The third kappa shape index (κ3) is 3.75. The van der Waals surface area contributed by atoms with Crippen molar-refractivity contribution in [1.29, 1.82) is 0 Å². The highest BCUT2D eigenvalue weighted by atomic mass is 32.2. The van der Waals surface area contributed by atoms with E-state index in [1.54, 1.807) is 11.8 Å². The van der Waals surface area contributed by atoms with Gasteiger partial charge in [0.05, 0.1) is 0 Å². The molecule has 0 aliphatic carbocycles. The molecule has 98 valence electrons. The molecular weight excluding hydrogens is 246 g/mol. The molecule has 0 spiro atoms. The first-order valence-corrected chi connectivity index (χ1v) is 7.51. The Balaban J connectivity index is 1.79. The number of hydrogen-bond acceptors (Lipinski definition) is 3. The Hall–Kier alpha value is -1.00. The molecule has 1 N–H and O–H groups in total. The van der Waals surface area contributed by atoms with Crippen molar-refractivity contribution in [3.05, 3.63) is 35.9 Å². The summed E-state index contributed by atoms with van der Waals surface area (Å²) in [5.41, 5.74) is 1.33. The fourth-order valence-corrected chi connectivity index (χ4v) is 3.37. The molecular formula is C14H19NO2S. The summed E-state index contributed by atoms with van der Waals surface area (Å²) in [6.07, 6.45) is 2.05. The lowest BCUT2D eigenvalue weighted by molar-refractivity contribution is -0.142. The fourth-order valence-electron chi connectivity index (χ4n) is 2.26. The zero-order valence-electron chi connectivity index (χ0n) is 10.4. The highest BCUT2D eigenvalue weighted by Crippen LogP contribution is 2.17. The van der Waals surface area contributed by atoms with Gasteiger partial charge >= 0.3 is 5.97 Å². The van der Waals surface area contributed by atoms with E-state index in [1.165, 1.54) is 5.56 Å². The molecule has 3 nitrogen and oxygen atoms in total. The van der Waals surface area contributed by atoms with Crippen LogP contribution < -0.4 is 0 Å². The first-order chi connectivity index (χ1) is 8.77. The Kier molecular flexibility index (Phi) is 5.08. The largest absolute Gasteiger partial charge is 0.480 e. The predicted molar refractivity (Wildman–Crippen MR) is 75.1 cm³/mol. The molecule has 0 aromatic heterocycles. The highest BCUT2D eigenvalue weighted by Gasteiger charge is 2.27. The summed E-state index contributed by atoms with van der Waals surface area (Å²) in [7, 11) is 0. The number of aliphatic carboxylic acids is 1. The minimum absolute atomic E-state index is 0.292. The van der Waals surface area contributed by atoms with Crippen molar-refractivity contribution in [3.8, 4) is 0 Å². The van der Waals surface area contributed by atoms with Gasteiger partial charge in [-0.3, -0.25) is 9.69 Å². The fraction of sp³-hybridized carbons (Fsp3) is 0.500. The Morgan fingerprint density at radius 2 is 2.17 bits per heavy atom. The summed E-state index contributed by atoms with van der Waals surface area (Å²) in [6, 6.07) is 10.1. The van der Waals surface area contributed by atoms with E-state index in [0.29, 0.717) is 0 Å². The minimum Gasteiger partial charge on any atom is -0.480 e. The molecule has 1 heterocycles. The second-order valence-electron chi connectivity index (χ2n) is 4.55. The zero-order chi connectivity index (χ0) is 12.8. The second-order valence-corrected chi connectivity index (χ2v) is 5.70. The SMILES string of the molecule is O=C(O)C1CSCCN1CCCc1ccccc1. The van der Waals surface area contributed by atoms with Crippen LogP contribution in [0.4, 0.5) is 0 Å². The van der Waals surface area contributed by atoms with Gasteiger partial charge in [0.1, 0.15) is 6.04 Å². The van der Waals surface area contributed by atoms with E-state index >= 15 is 0 Å². The van der Waals surface area contributed by atoms with Crippen LogP contribution in [-0.4, -0.2) is 46.6 Å². The molecule has 1 unspecified atom stereocenters. The molecule has 18 heavy (non-hydrogen) atoms. The number of carboxylic acids is 1. The number of nitrogens with zero attached hydrogens (tertiary/aromatic N) is 1. The van der Waals surface area contributed by atoms with Crippen molar-refractivity contribution in [2.24, 2.45) is 0 Å². The third-order valence-electron chi connectivity index (χ3n) is 3.28. The number of hydrogen-bond donors (Lipinski definition) is 1. The average molecular weight is 265 g/mol. The van der Waals surface area contributed by atoms with Gasteiger partial charge in [0.2, 0.25) is 0 Å². The van der Waals surface area contributed by atoms with Gasteiger partial charge in [-0.1, -0.05) is 30.3 Å². The van der Waals surface area contributed by atoms with Crippen molar-refractivity contribution in [3.63, 3.8) is 0 Å². The molecule has 4 heteroatoms. The summed E-state index contributed by atoms with van der Waals surface area (Å²) in [4.78, 5) is 13.3. The molecule has 1 fully saturated rings. The van der Waals surface area contributed by atoms with Crippen LogP contribution >= 0.6 is 11.8 Å². The van der Waals surface area contributed by atoms with E-state index in [9.17, 15) is 9.90 Å². The van der Waals surface area contributed by atoms with Crippen molar-refractivity contribution in [2.45, 2.75) is 18.9 Å². The van der Waals surface area contributed by atoms with E-state index in [-0.39, 0.29) is 6.04 Å². The molecule has 1 saturated heterocycles. The number of carboxylic acid groups (broad SMARTS) is 1. The maximum atomic E-state index is 11.1. The van der Waals surface area contributed by atoms with Crippen LogP contribution in [0.3, 0.4) is 0 Å². The number of carbonyl (C=O) groups is 1. The molecule has 0 amide bonds. The quantitative estimate of drug-likeness (QED) is 0.885. The van der Waals surface area contributed by atoms with E-state index in [0.717, 1.165) is 37.4 Å². The zero-order valence-corrected chi connectivity index (χ0v) is 11.2. The van der Waals surface area contributed by atoms with Crippen molar-refractivity contribution in [1.82, 2.24) is 4.90 Å². The van der Waals surface area contributed by atoms with Gasteiger partial charge in [-0.25, -0.2) is 0 Å². The van der Waals surface area contributed by atoms with Crippen molar-refractivity contribution in [2.75, 3.05) is 24.6 Å². The molecule has 0 radical (unpaired) electrons. The van der Waals surface area contributed by atoms with Crippen LogP contribution in [-0.2, 0) is 11.2 Å². The first kappa shape index (κ1) is 13.4. The molecule has 1 aromatic carbocycles. The Bertz CT molecular complexity index is 383. The summed E-state index contributed by atoms with van der Waals surface area (Å²) in [5.74, 6) is 1.09. The summed E-state index contributed by atoms with van der Waals surface area (Å²) in [5, 5.41) is 9.17. The maximum Gasteiger partial charge on any atom is 0.321 e. The molecule has 1 aliphatic rings. The average Bonchev–Trinajstić information content (AvgIpc) is 2.40. The van der Waals surface area contributed by atoms with Gasteiger partial charge in [-0.05, 0) is 24.9 Å². The standard InChI is InChI=1S/C14H19NO2S/c16-14(17)13-11-18-10-9-15(13)8-4-7-12-5-2-1-3-6-12/h1-3,5-6,13H,4,7-11H2,(H,16,17). The number of thioether (sulfide) groups is 1. The van der Waals surface area contributed by atoms with Crippen molar-refractivity contribution < 1.29 is 9.90 Å². The van der Waals surface area contributed by atoms with E-state index in [4.69, 9.17) is 0 Å². The predicted octanol–water partition coefficient (Wildman–Crippen LogP) is 2.12. The lowest BCUT2D eigenvalue weighted by atomic mass is 10.1. The topological polar surface area (TPSA) is 40.5 Å². The van der Waals surface area contributed by atoms with Crippen molar-refractivity contribution >= 4 is 17.7 Å². The third-order valence-corrected chi connectivity index (χ3v) is 4.30. The van der Waals surface area contributed by atoms with E-state index in [2.05, 4.69) is 17.0 Å².